The van der Waals surface area contributed by atoms with Crippen LogP contribution in [0.15, 0.2) is 22.7 Å². The number of amides is 1. The number of aromatic nitrogens is 2. The molecule has 1 amide bonds. The van der Waals surface area contributed by atoms with Crippen molar-refractivity contribution in [3.8, 4) is 5.75 Å². The molecule has 0 saturated carbocycles. The maximum atomic E-state index is 12.6. The van der Waals surface area contributed by atoms with Gasteiger partial charge in [-0.05, 0) is 26.3 Å². The molecule has 2 heterocycles. The third-order valence-corrected chi connectivity index (χ3v) is 4.41. The van der Waals surface area contributed by atoms with Gasteiger partial charge in [-0.1, -0.05) is 28.9 Å². The van der Waals surface area contributed by atoms with E-state index < -0.39 is 0 Å². The average Bonchev–Trinajstić information content (AvgIpc) is 3.19. The lowest BCUT2D eigenvalue weighted by Gasteiger charge is -2.17. The van der Waals surface area contributed by atoms with Crippen molar-refractivity contribution in [1.82, 2.24) is 15.0 Å². The molecule has 1 aromatic carbocycles. The summed E-state index contributed by atoms with van der Waals surface area (Å²) in [5, 5.41) is 4.35. The second-order valence-corrected chi connectivity index (χ2v) is 6.25. The lowest BCUT2D eigenvalue weighted by atomic mass is 10.1. The Morgan fingerprint density at radius 3 is 3.04 bits per heavy atom. The molecule has 1 atom stereocenters. The molecule has 0 unspecified atom stereocenters. The largest absolute Gasteiger partial charge is 0.492 e. The van der Waals surface area contributed by atoms with Crippen molar-refractivity contribution in [2.75, 3.05) is 19.7 Å². The number of likely N-dealkylation sites (tertiary alicyclic amines) is 1. The molecule has 24 heavy (non-hydrogen) atoms. The fraction of sp³-hybridized carbons (Fsp3) is 0.471. The summed E-state index contributed by atoms with van der Waals surface area (Å²) < 4.78 is 10.8. The Morgan fingerprint density at radius 1 is 1.50 bits per heavy atom. The minimum atomic E-state index is 0.0527. The second-order valence-electron chi connectivity index (χ2n) is 5.84. The van der Waals surface area contributed by atoms with Crippen molar-refractivity contribution in [2.45, 2.75) is 32.6 Å². The van der Waals surface area contributed by atoms with Gasteiger partial charge in [0.05, 0.1) is 24.0 Å². The maximum absolute atomic E-state index is 12.6. The maximum Gasteiger partial charge on any atom is 0.231 e. The van der Waals surface area contributed by atoms with E-state index in [0.717, 1.165) is 12.0 Å². The van der Waals surface area contributed by atoms with Gasteiger partial charge >= 0.3 is 0 Å². The quantitative estimate of drug-likeness (QED) is 0.830. The smallest absolute Gasteiger partial charge is 0.231 e. The van der Waals surface area contributed by atoms with E-state index in [9.17, 15) is 4.79 Å². The van der Waals surface area contributed by atoms with Crippen LogP contribution in [0.5, 0.6) is 5.75 Å². The van der Waals surface area contributed by atoms with Crippen LogP contribution in [-0.4, -0.2) is 40.6 Å². The molecule has 1 aliphatic heterocycles. The summed E-state index contributed by atoms with van der Waals surface area (Å²) >= 11 is 6.18. The number of benzene rings is 1. The van der Waals surface area contributed by atoms with Crippen LogP contribution in [0.4, 0.5) is 0 Å². The number of ether oxygens (including phenoxy) is 1. The topological polar surface area (TPSA) is 68.5 Å². The van der Waals surface area contributed by atoms with E-state index in [0.29, 0.717) is 42.2 Å². The highest BCUT2D eigenvalue weighted by Gasteiger charge is 2.31. The Morgan fingerprint density at radius 2 is 2.33 bits per heavy atom. The van der Waals surface area contributed by atoms with E-state index in [1.54, 1.807) is 13.0 Å². The zero-order valence-electron chi connectivity index (χ0n) is 13.8. The molecule has 1 saturated heterocycles. The highest BCUT2D eigenvalue weighted by atomic mass is 35.5. The van der Waals surface area contributed by atoms with Crippen LogP contribution in [0, 0.1) is 6.92 Å². The van der Waals surface area contributed by atoms with Crippen LogP contribution in [-0.2, 0) is 11.2 Å². The molecular weight excluding hydrogens is 330 g/mol. The molecular formula is C17H20ClN3O3. The number of hydrogen-bond acceptors (Lipinski definition) is 5. The molecule has 0 radical (unpaired) electrons. The molecule has 1 aliphatic rings. The van der Waals surface area contributed by atoms with Gasteiger partial charge in [-0.25, -0.2) is 0 Å². The number of hydrogen-bond donors (Lipinski definition) is 0. The van der Waals surface area contributed by atoms with Gasteiger partial charge in [0.15, 0.2) is 5.82 Å². The first kappa shape index (κ1) is 16.8. The average molecular weight is 350 g/mol. The minimum Gasteiger partial charge on any atom is -0.492 e. The van der Waals surface area contributed by atoms with Crippen LogP contribution in [0.3, 0.4) is 0 Å². The van der Waals surface area contributed by atoms with Crippen LogP contribution >= 0.6 is 11.6 Å². The zero-order chi connectivity index (χ0) is 17.1. The van der Waals surface area contributed by atoms with Crippen molar-refractivity contribution in [3.63, 3.8) is 0 Å². The van der Waals surface area contributed by atoms with Gasteiger partial charge in [0.2, 0.25) is 11.8 Å². The fourth-order valence-electron chi connectivity index (χ4n) is 2.94. The Balaban J connectivity index is 1.67. The Hall–Kier alpha value is -2.08. The molecule has 3 rings (SSSR count). The van der Waals surface area contributed by atoms with E-state index in [1.165, 1.54) is 0 Å². The number of nitrogens with zero attached hydrogens (tertiary/aromatic N) is 3. The number of rotatable bonds is 5. The van der Waals surface area contributed by atoms with Crippen LogP contribution in [0.25, 0.3) is 0 Å². The van der Waals surface area contributed by atoms with Gasteiger partial charge in [-0.3, -0.25) is 4.79 Å². The van der Waals surface area contributed by atoms with Gasteiger partial charge < -0.3 is 14.2 Å². The van der Waals surface area contributed by atoms with E-state index >= 15 is 0 Å². The molecule has 0 aliphatic carbocycles. The lowest BCUT2D eigenvalue weighted by Crippen LogP contribution is -2.30. The Bertz CT molecular complexity index is 732. The first-order chi connectivity index (χ1) is 11.6. The summed E-state index contributed by atoms with van der Waals surface area (Å²) in [7, 11) is 0. The monoisotopic (exact) mass is 349 g/mol. The molecule has 1 fully saturated rings. The van der Waals surface area contributed by atoms with Gasteiger partial charge in [-0.2, -0.15) is 4.98 Å². The van der Waals surface area contributed by atoms with Crippen LogP contribution in [0.1, 0.15) is 36.5 Å². The van der Waals surface area contributed by atoms with Gasteiger partial charge in [0.25, 0.3) is 0 Å². The fourth-order valence-corrected chi connectivity index (χ4v) is 3.19. The Kier molecular flexibility index (Phi) is 5.04. The highest BCUT2D eigenvalue weighted by Crippen LogP contribution is 2.31. The van der Waals surface area contributed by atoms with Crippen molar-refractivity contribution in [3.05, 3.63) is 40.5 Å². The summed E-state index contributed by atoms with van der Waals surface area (Å²) in [6.45, 7) is 5.49. The summed E-state index contributed by atoms with van der Waals surface area (Å²) in [6.07, 6.45) is 1.10. The Labute approximate surface area is 145 Å². The molecule has 7 heteroatoms. The molecule has 1 aromatic heterocycles. The molecule has 0 N–H and O–H groups in total. The summed E-state index contributed by atoms with van der Waals surface area (Å²) in [5.41, 5.74) is 0.812. The normalized spacial score (nSPS) is 17.3. The first-order valence-corrected chi connectivity index (χ1v) is 8.44. The van der Waals surface area contributed by atoms with Gasteiger partial charge in [-0.15, -0.1) is 0 Å². The second kappa shape index (κ2) is 7.21. The molecule has 128 valence electrons. The highest BCUT2D eigenvalue weighted by molar-refractivity contribution is 6.32. The first-order valence-electron chi connectivity index (χ1n) is 8.06. The number of carbonyl (C=O) groups excluding carboxylic acids is 1. The molecule has 2 aromatic rings. The van der Waals surface area contributed by atoms with Crippen LogP contribution in [0.2, 0.25) is 5.02 Å². The zero-order valence-corrected chi connectivity index (χ0v) is 14.5. The van der Waals surface area contributed by atoms with E-state index in [4.69, 9.17) is 20.9 Å². The number of para-hydroxylation sites is 1. The van der Waals surface area contributed by atoms with Crippen molar-refractivity contribution in [1.29, 1.82) is 0 Å². The predicted octanol–water partition coefficient (Wildman–Crippen LogP) is 2.99. The third-order valence-electron chi connectivity index (χ3n) is 4.11. The van der Waals surface area contributed by atoms with Crippen LogP contribution < -0.4 is 4.74 Å². The van der Waals surface area contributed by atoms with Crippen molar-refractivity contribution in [2.24, 2.45) is 0 Å². The molecule has 0 spiro atoms. The summed E-state index contributed by atoms with van der Waals surface area (Å²) in [5.74, 6) is 1.99. The van der Waals surface area contributed by atoms with Gasteiger partial charge in [0.1, 0.15) is 5.75 Å². The summed E-state index contributed by atoms with van der Waals surface area (Å²) in [4.78, 5) is 18.7. The van der Waals surface area contributed by atoms with E-state index in [1.807, 2.05) is 24.0 Å². The van der Waals surface area contributed by atoms with E-state index in [2.05, 4.69) is 10.1 Å². The third kappa shape index (κ3) is 3.53. The molecule has 0 bridgehead atoms. The van der Waals surface area contributed by atoms with Crippen molar-refractivity contribution >= 4 is 17.5 Å². The number of halogens is 1. The minimum absolute atomic E-state index is 0.0527. The summed E-state index contributed by atoms with van der Waals surface area (Å²) in [6, 6.07) is 5.48. The number of carbonyl (C=O) groups is 1. The van der Waals surface area contributed by atoms with Gasteiger partial charge in [0, 0.05) is 18.7 Å². The standard InChI is InChI=1S/C17H20ClN3O3/c1-3-23-16-12(5-4-6-14(16)18)9-15(22)21-8-7-13(10-21)17-19-11(2)20-24-17/h4-6,13H,3,7-10H2,1-2H3/t13-/m0/s1. The number of aryl methyl sites for hydroxylation is 1. The SMILES string of the molecule is CCOc1c(Cl)cccc1CC(=O)N1CC[C@H](c2nc(C)no2)C1. The van der Waals surface area contributed by atoms with Crippen molar-refractivity contribution < 1.29 is 14.1 Å². The predicted molar refractivity (Wildman–Crippen MR) is 89.3 cm³/mol. The van der Waals surface area contributed by atoms with E-state index in [-0.39, 0.29) is 18.2 Å². The molecule has 6 nitrogen and oxygen atoms in total. The lowest BCUT2D eigenvalue weighted by molar-refractivity contribution is -0.129.